The number of amides is 1. The first-order valence-corrected chi connectivity index (χ1v) is 12.5. The fourth-order valence-corrected chi connectivity index (χ4v) is 4.52. The number of anilines is 1. The van der Waals surface area contributed by atoms with Crippen molar-refractivity contribution in [2.24, 2.45) is 0 Å². The van der Waals surface area contributed by atoms with Gasteiger partial charge in [-0.2, -0.15) is 5.10 Å². The largest absolute Gasteiger partial charge is 0.354 e. The van der Waals surface area contributed by atoms with Crippen molar-refractivity contribution in [1.82, 2.24) is 24.6 Å². The molecule has 1 saturated heterocycles. The molecule has 0 unspecified atom stereocenters. The highest BCUT2D eigenvalue weighted by atomic mass is 16.2. The molecule has 0 radical (unpaired) electrons. The van der Waals surface area contributed by atoms with Gasteiger partial charge >= 0.3 is 0 Å². The lowest BCUT2D eigenvalue weighted by Gasteiger charge is -2.24. The third kappa shape index (κ3) is 4.63. The molecule has 35 heavy (non-hydrogen) atoms. The third-order valence-corrected chi connectivity index (χ3v) is 6.86. The van der Waals surface area contributed by atoms with Crippen LogP contribution in [-0.2, 0) is 0 Å². The van der Waals surface area contributed by atoms with Gasteiger partial charge in [0, 0.05) is 37.7 Å². The minimum Gasteiger partial charge on any atom is -0.354 e. The van der Waals surface area contributed by atoms with Crippen LogP contribution in [0.3, 0.4) is 0 Å². The molecular formula is C28H32N6O. The van der Waals surface area contributed by atoms with Crippen LogP contribution in [-0.4, -0.2) is 56.7 Å². The standard InChI is InChI=1S/C28H32N6O/c1-4-21(3)25-30-26(24-19-29-34(27(24)31-25)23-9-6-5-7-10-23)32-15-8-16-33(18-17-32)28(35)22-13-11-20(2)12-14-22/h5-7,9-14,19,21H,4,8,15-18H2,1-3H3/t21-/m1/s1. The Morgan fingerprint density at radius 3 is 2.49 bits per heavy atom. The summed E-state index contributed by atoms with van der Waals surface area (Å²) in [5, 5.41) is 5.63. The van der Waals surface area contributed by atoms with Crippen molar-refractivity contribution in [1.29, 1.82) is 0 Å². The van der Waals surface area contributed by atoms with Crippen LogP contribution in [0.5, 0.6) is 0 Å². The van der Waals surface area contributed by atoms with Crippen LogP contribution in [0.1, 0.15) is 54.4 Å². The van der Waals surface area contributed by atoms with Crippen LogP contribution in [0.4, 0.5) is 5.82 Å². The average molecular weight is 469 g/mol. The number of rotatable bonds is 5. The Bertz CT molecular complexity index is 1310. The van der Waals surface area contributed by atoms with Crippen LogP contribution in [0.15, 0.2) is 60.8 Å². The number of hydrogen-bond donors (Lipinski definition) is 0. The van der Waals surface area contributed by atoms with Gasteiger partial charge in [0.05, 0.1) is 17.3 Å². The smallest absolute Gasteiger partial charge is 0.253 e. The Hall–Kier alpha value is -3.74. The highest BCUT2D eigenvalue weighted by Crippen LogP contribution is 2.29. The van der Waals surface area contributed by atoms with E-state index >= 15 is 0 Å². The summed E-state index contributed by atoms with van der Waals surface area (Å²) in [6, 6.07) is 17.9. The lowest BCUT2D eigenvalue weighted by atomic mass is 10.1. The first-order valence-electron chi connectivity index (χ1n) is 12.5. The van der Waals surface area contributed by atoms with Gasteiger partial charge in [-0.1, -0.05) is 49.7 Å². The van der Waals surface area contributed by atoms with Gasteiger partial charge < -0.3 is 9.80 Å². The molecule has 7 heteroatoms. The van der Waals surface area contributed by atoms with Crippen molar-refractivity contribution in [3.63, 3.8) is 0 Å². The molecule has 2 aromatic heterocycles. The molecule has 0 bridgehead atoms. The first-order chi connectivity index (χ1) is 17.0. The molecule has 1 fully saturated rings. The van der Waals surface area contributed by atoms with E-state index in [2.05, 4.69) is 23.8 Å². The Morgan fingerprint density at radius 2 is 1.74 bits per heavy atom. The maximum atomic E-state index is 13.1. The highest BCUT2D eigenvalue weighted by molar-refractivity contribution is 5.94. The number of aryl methyl sites for hydroxylation is 1. The molecule has 7 nitrogen and oxygen atoms in total. The van der Waals surface area contributed by atoms with Crippen LogP contribution in [0, 0.1) is 6.92 Å². The maximum Gasteiger partial charge on any atom is 0.253 e. The number of carbonyl (C=O) groups is 1. The molecule has 1 atom stereocenters. The maximum absolute atomic E-state index is 13.1. The van der Waals surface area contributed by atoms with Crippen LogP contribution >= 0.6 is 0 Å². The van der Waals surface area contributed by atoms with Crippen molar-refractivity contribution >= 4 is 22.8 Å². The van der Waals surface area contributed by atoms with E-state index in [4.69, 9.17) is 9.97 Å². The van der Waals surface area contributed by atoms with Gasteiger partial charge in [-0.25, -0.2) is 14.6 Å². The van der Waals surface area contributed by atoms with Gasteiger partial charge in [0.25, 0.3) is 5.91 Å². The molecule has 0 saturated carbocycles. The Labute approximate surface area is 206 Å². The van der Waals surface area contributed by atoms with Crippen LogP contribution in [0.25, 0.3) is 16.7 Å². The summed E-state index contributed by atoms with van der Waals surface area (Å²) in [4.78, 5) is 27.4. The van der Waals surface area contributed by atoms with E-state index in [-0.39, 0.29) is 11.8 Å². The summed E-state index contributed by atoms with van der Waals surface area (Å²) >= 11 is 0. The van der Waals surface area contributed by atoms with Gasteiger partial charge in [0.2, 0.25) is 0 Å². The SMILES string of the molecule is CC[C@@H](C)c1nc(N2CCCN(C(=O)c3ccc(C)cc3)CC2)c2cnn(-c3ccccc3)c2n1. The Morgan fingerprint density at radius 1 is 0.971 bits per heavy atom. The van der Waals surface area contributed by atoms with Crippen molar-refractivity contribution < 1.29 is 4.79 Å². The molecule has 2 aromatic carbocycles. The molecular weight excluding hydrogens is 436 g/mol. The monoisotopic (exact) mass is 468 g/mol. The lowest BCUT2D eigenvalue weighted by Crippen LogP contribution is -2.35. The zero-order valence-corrected chi connectivity index (χ0v) is 20.7. The van der Waals surface area contributed by atoms with E-state index in [9.17, 15) is 4.79 Å². The Kier molecular flexibility index (Phi) is 6.49. The number of fused-ring (bicyclic) bond motifs is 1. The molecule has 4 aromatic rings. The molecule has 1 aliphatic heterocycles. The van der Waals surface area contributed by atoms with Crippen molar-refractivity contribution in [3.05, 3.63) is 77.7 Å². The second kappa shape index (κ2) is 9.86. The van der Waals surface area contributed by atoms with E-state index < -0.39 is 0 Å². The molecule has 0 aliphatic carbocycles. The van der Waals surface area contributed by atoms with Crippen molar-refractivity contribution in [2.45, 2.75) is 39.5 Å². The van der Waals surface area contributed by atoms with E-state index in [1.807, 2.05) is 77.3 Å². The normalized spacial score (nSPS) is 15.3. The van der Waals surface area contributed by atoms with E-state index in [1.165, 1.54) is 0 Å². The highest BCUT2D eigenvalue weighted by Gasteiger charge is 2.25. The third-order valence-electron chi connectivity index (χ3n) is 6.86. The summed E-state index contributed by atoms with van der Waals surface area (Å²) in [5.74, 6) is 2.09. The van der Waals surface area contributed by atoms with E-state index in [0.717, 1.165) is 72.0 Å². The first kappa shape index (κ1) is 23.0. The van der Waals surface area contributed by atoms with Gasteiger partial charge in [-0.15, -0.1) is 0 Å². The van der Waals surface area contributed by atoms with Crippen molar-refractivity contribution in [3.8, 4) is 5.69 Å². The number of aromatic nitrogens is 4. The van der Waals surface area contributed by atoms with Gasteiger partial charge in [0.1, 0.15) is 11.6 Å². The number of para-hydroxylation sites is 1. The minimum absolute atomic E-state index is 0.0943. The molecule has 0 spiro atoms. The summed E-state index contributed by atoms with van der Waals surface area (Å²) < 4.78 is 1.90. The summed E-state index contributed by atoms with van der Waals surface area (Å²) in [7, 11) is 0. The van der Waals surface area contributed by atoms with Gasteiger partial charge in [0.15, 0.2) is 5.65 Å². The molecule has 0 N–H and O–H groups in total. The lowest BCUT2D eigenvalue weighted by molar-refractivity contribution is 0.0767. The number of carbonyl (C=O) groups excluding carboxylic acids is 1. The predicted octanol–water partition coefficient (Wildman–Crippen LogP) is 4.99. The van der Waals surface area contributed by atoms with Gasteiger partial charge in [-0.3, -0.25) is 4.79 Å². The zero-order chi connectivity index (χ0) is 24.4. The van der Waals surface area contributed by atoms with E-state index in [1.54, 1.807) is 0 Å². The number of hydrogen-bond acceptors (Lipinski definition) is 5. The van der Waals surface area contributed by atoms with Crippen LogP contribution in [0.2, 0.25) is 0 Å². The van der Waals surface area contributed by atoms with Gasteiger partial charge in [-0.05, 0) is 44.0 Å². The zero-order valence-electron chi connectivity index (χ0n) is 20.7. The fourth-order valence-electron chi connectivity index (χ4n) is 4.52. The Balaban J connectivity index is 1.47. The number of nitrogens with zero attached hydrogens (tertiary/aromatic N) is 6. The summed E-state index contributed by atoms with van der Waals surface area (Å²) in [5.41, 5.74) is 3.71. The van der Waals surface area contributed by atoms with E-state index in [0.29, 0.717) is 6.54 Å². The van der Waals surface area contributed by atoms with Crippen molar-refractivity contribution in [2.75, 3.05) is 31.1 Å². The molecule has 5 rings (SSSR count). The summed E-state index contributed by atoms with van der Waals surface area (Å²) in [6.07, 6.45) is 3.72. The minimum atomic E-state index is 0.0943. The van der Waals surface area contributed by atoms with Crippen LogP contribution < -0.4 is 4.90 Å². The second-order valence-corrected chi connectivity index (χ2v) is 9.34. The summed E-state index contributed by atoms with van der Waals surface area (Å²) in [6.45, 7) is 9.31. The second-order valence-electron chi connectivity index (χ2n) is 9.34. The fraction of sp³-hybridized carbons (Fsp3) is 0.357. The quantitative estimate of drug-likeness (QED) is 0.413. The molecule has 1 amide bonds. The average Bonchev–Trinajstić information content (AvgIpc) is 3.17. The number of benzene rings is 2. The molecule has 1 aliphatic rings. The predicted molar refractivity (Wildman–Crippen MR) is 139 cm³/mol. The molecule has 180 valence electrons. The molecule has 3 heterocycles. The topological polar surface area (TPSA) is 67.2 Å².